The average Bonchev–Trinajstić information content (AvgIpc) is 3.29. The largest absolute Gasteiger partial charge is 0.457 e. The van der Waals surface area contributed by atoms with E-state index in [1.165, 1.54) is 39.1 Å². The summed E-state index contributed by atoms with van der Waals surface area (Å²) in [4.78, 5) is 2.45. The van der Waals surface area contributed by atoms with Gasteiger partial charge in [-0.25, -0.2) is 0 Å². The molecule has 0 saturated carbocycles. The zero-order chi connectivity index (χ0) is 25.8. The lowest BCUT2D eigenvalue weighted by Gasteiger charge is -2.42. The molecule has 0 atom stereocenters. The van der Waals surface area contributed by atoms with Crippen molar-refractivity contribution in [3.05, 3.63) is 168 Å². The first-order valence-corrected chi connectivity index (χ1v) is 13.7. The van der Waals surface area contributed by atoms with E-state index in [0.717, 1.165) is 35.7 Å². The molecule has 5 aromatic carbocycles. The fourth-order valence-corrected chi connectivity index (χ4v) is 6.89. The van der Waals surface area contributed by atoms with Crippen LogP contribution in [-0.4, -0.2) is 0 Å². The number of rotatable bonds is 3. The Morgan fingerprint density at radius 1 is 0.590 bits per heavy atom. The number of hydrogen-bond acceptors (Lipinski definition) is 2. The summed E-state index contributed by atoms with van der Waals surface area (Å²) in [5.74, 6) is 1.82. The van der Waals surface area contributed by atoms with E-state index >= 15 is 0 Å². The lowest BCUT2D eigenvalue weighted by Crippen LogP contribution is -2.34. The van der Waals surface area contributed by atoms with Gasteiger partial charge in [-0.3, -0.25) is 0 Å². The average molecular weight is 502 g/mol. The van der Waals surface area contributed by atoms with Crippen LogP contribution in [0.3, 0.4) is 0 Å². The number of benzene rings is 5. The third-order valence-corrected chi connectivity index (χ3v) is 8.38. The normalized spacial score (nSPS) is 15.4. The van der Waals surface area contributed by atoms with Crippen LogP contribution in [0.25, 0.3) is 11.1 Å². The number of allylic oxidation sites excluding steroid dienone is 4. The molecular formula is C37H27NO. The molecule has 3 aliphatic rings. The Labute approximate surface area is 229 Å². The van der Waals surface area contributed by atoms with Gasteiger partial charge in [-0.05, 0) is 71.5 Å². The second-order valence-electron chi connectivity index (χ2n) is 10.4. The first kappa shape index (κ1) is 22.2. The standard InChI is InChI=1S/C37H27NO/c1-3-14-26(15-4-1)38(27-16-5-2-6-17-27)33-23-13-25-35-36(33)37(32-22-11-12-24-34(32)39-35)30-20-9-7-18-28(30)29-19-8-10-21-31(29)37/h1-5,7-16,18-25H,6,17H2. The van der Waals surface area contributed by atoms with E-state index in [2.05, 4.69) is 144 Å². The zero-order valence-corrected chi connectivity index (χ0v) is 21.5. The summed E-state index contributed by atoms with van der Waals surface area (Å²) in [5.41, 5.74) is 10.7. The van der Waals surface area contributed by atoms with Gasteiger partial charge in [0.25, 0.3) is 0 Å². The summed E-state index contributed by atoms with van der Waals surface area (Å²) in [6.45, 7) is 0. The molecule has 2 aliphatic carbocycles. The third kappa shape index (κ3) is 3.09. The van der Waals surface area contributed by atoms with Crippen LogP contribution >= 0.6 is 0 Å². The summed E-state index contributed by atoms with van der Waals surface area (Å²) >= 11 is 0. The number of ether oxygens (including phenoxy) is 1. The van der Waals surface area contributed by atoms with Gasteiger partial charge in [-0.15, -0.1) is 0 Å². The van der Waals surface area contributed by atoms with Crippen LogP contribution in [0.1, 0.15) is 35.1 Å². The Kier molecular flexibility index (Phi) is 4.90. The molecule has 2 heteroatoms. The number of fused-ring (bicyclic) bond motifs is 9. The fraction of sp³-hybridized carbons (Fsp3) is 0.0811. The van der Waals surface area contributed by atoms with Gasteiger partial charge in [0.2, 0.25) is 0 Å². The fourth-order valence-electron chi connectivity index (χ4n) is 6.89. The predicted molar refractivity (Wildman–Crippen MR) is 159 cm³/mol. The van der Waals surface area contributed by atoms with Gasteiger partial charge < -0.3 is 9.64 Å². The maximum Gasteiger partial charge on any atom is 0.134 e. The molecule has 1 spiro atoms. The molecule has 186 valence electrons. The Morgan fingerprint density at radius 3 is 1.95 bits per heavy atom. The summed E-state index contributed by atoms with van der Waals surface area (Å²) in [7, 11) is 0. The highest BCUT2D eigenvalue weighted by Crippen LogP contribution is 2.64. The number of nitrogens with zero attached hydrogens (tertiary/aromatic N) is 1. The van der Waals surface area contributed by atoms with Crippen LogP contribution < -0.4 is 9.64 Å². The summed E-state index contributed by atoms with van der Waals surface area (Å²) in [6.07, 6.45) is 8.70. The second-order valence-corrected chi connectivity index (χ2v) is 10.4. The first-order valence-electron chi connectivity index (χ1n) is 13.7. The Hall–Kier alpha value is -4.82. The summed E-state index contributed by atoms with van der Waals surface area (Å²) in [5, 5.41) is 0. The predicted octanol–water partition coefficient (Wildman–Crippen LogP) is 9.53. The summed E-state index contributed by atoms with van der Waals surface area (Å²) < 4.78 is 6.75. The lowest BCUT2D eigenvalue weighted by molar-refractivity contribution is 0.436. The highest BCUT2D eigenvalue weighted by molar-refractivity contribution is 5.91. The molecule has 0 fully saturated rings. The van der Waals surface area contributed by atoms with Crippen molar-refractivity contribution < 1.29 is 4.74 Å². The SMILES string of the molecule is C1=CCCC(N(c2ccccc2)c2cccc3c2C2(c4ccccc4O3)c3ccccc3-c3ccccc32)=C1. The highest BCUT2D eigenvalue weighted by atomic mass is 16.5. The van der Waals surface area contributed by atoms with Gasteiger partial charge in [-0.1, -0.05) is 103 Å². The van der Waals surface area contributed by atoms with E-state index in [1.807, 2.05) is 0 Å². The van der Waals surface area contributed by atoms with Crippen molar-refractivity contribution in [1.29, 1.82) is 0 Å². The van der Waals surface area contributed by atoms with Crippen molar-refractivity contribution in [3.63, 3.8) is 0 Å². The molecule has 1 aliphatic heterocycles. The minimum Gasteiger partial charge on any atom is -0.457 e. The van der Waals surface area contributed by atoms with Crippen molar-refractivity contribution in [3.8, 4) is 22.6 Å². The van der Waals surface area contributed by atoms with Crippen molar-refractivity contribution in [1.82, 2.24) is 0 Å². The lowest BCUT2D eigenvalue weighted by atomic mass is 9.65. The number of anilines is 2. The highest BCUT2D eigenvalue weighted by Gasteiger charge is 2.52. The molecule has 0 aromatic heterocycles. The van der Waals surface area contributed by atoms with E-state index in [4.69, 9.17) is 4.74 Å². The van der Waals surface area contributed by atoms with Crippen LogP contribution in [0.15, 0.2) is 145 Å². The first-order chi connectivity index (χ1) is 19.4. The maximum atomic E-state index is 6.75. The minimum absolute atomic E-state index is 0.508. The molecule has 0 bridgehead atoms. The molecule has 5 aromatic rings. The quantitative estimate of drug-likeness (QED) is 0.239. The number of para-hydroxylation sites is 2. The molecule has 2 nitrogen and oxygen atoms in total. The van der Waals surface area contributed by atoms with E-state index in [9.17, 15) is 0 Å². The molecule has 8 rings (SSSR count). The monoisotopic (exact) mass is 501 g/mol. The molecule has 0 unspecified atom stereocenters. The maximum absolute atomic E-state index is 6.75. The minimum atomic E-state index is -0.508. The van der Waals surface area contributed by atoms with Crippen molar-refractivity contribution in [2.45, 2.75) is 18.3 Å². The topological polar surface area (TPSA) is 12.5 Å². The van der Waals surface area contributed by atoms with Crippen LogP contribution in [0.5, 0.6) is 11.5 Å². The van der Waals surface area contributed by atoms with Crippen LogP contribution in [-0.2, 0) is 5.41 Å². The molecule has 0 radical (unpaired) electrons. The van der Waals surface area contributed by atoms with Gasteiger partial charge in [0, 0.05) is 22.5 Å². The Balaban J connectivity index is 1.52. The molecular weight excluding hydrogens is 474 g/mol. The van der Waals surface area contributed by atoms with Crippen molar-refractivity contribution in [2.24, 2.45) is 0 Å². The van der Waals surface area contributed by atoms with E-state index in [0.29, 0.717) is 0 Å². The van der Waals surface area contributed by atoms with Crippen LogP contribution in [0, 0.1) is 0 Å². The van der Waals surface area contributed by atoms with Crippen LogP contribution in [0.2, 0.25) is 0 Å². The molecule has 0 saturated heterocycles. The molecule has 1 heterocycles. The van der Waals surface area contributed by atoms with Gasteiger partial charge in [0.05, 0.1) is 11.1 Å². The van der Waals surface area contributed by atoms with Crippen molar-refractivity contribution in [2.75, 3.05) is 4.90 Å². The van der Waals surface area contributed by atoms with Gasteiger partial charge >= 0.3 is 0 Å². The van der Waals surface area contributed by atoms with E-state index in [-0.39, 0.29) is 0 Å². The Bertz CT molecular complexity index is 1750. The summed E-state index contributed by atoms with van der Waals surface area (Å²) in [6, 6.07) is 43.7. The molecule has 0 N–H and O–H groups in total. The number of hydrogen-bond donors (Lipinski definition) is 0. The van der Waals surface area contributed by atoms with E-state index in [1.54, 1.807) is 0 Å². The van der Waals surface area contributed by atoms with Crippen molar-refractivity contribution >= 4 is 11.4 Å². The van der Waals surface area contributed by atoms with E-state index < -0.39 is 5.41 Å². The van der Waals surface area contributed by atoms with Gasteiger partial charge in [-0.2, -0.15) is 0 Å². The smallest absolute Gasteiger partial charge is 0.134 e. The van der Waals surface area contributed by atoms with Gasteiger partial charge in [0.1, 0.15) is 11.5 Å². The Morgan fingerprint density at radius 2 is 1.23 bits per heavy atom. The molecule has 0 amide bonds. The zero-order valence-electron chi connectivity index (χ0n) is 21.5. The second kappa shape index (κ2) is 8.61. The van der Waals surface area contributed by atoms with Crippen LogP contribution in [0.4, 0.5) is 11.4 Å². The van der Waals surface area contributed by atoms with Gasteiger partial charge in [0.15, 0.2) is 0 Å². The third-order valence-electron chi connectivity index (χ3n) is 8.38. The molecule has 39 heavy (non-hydrogen) atoms.